The number of benzene rings is 1. The van der Waals surface area contributed by atoms with Crippen LogP contribution in [0.5, 0.6) is 5.88 Å². The van der Waals surface area contributed by atoms with Gasteiger partial charge in [-0.3, -0.25) is 9.59 Å². The first-order valence-electron chi connectivity index (χ1n) is 10.4. The summed E-state index contributed by atoms with van der Waals surface area (Å²) in [5.41, 5.74) is 0.972. The van der Waals surface area contributed by atoms with Gasteiger partial charge in [0.2, 0.25) is 11.8 Å². The number of anilines is 1. The molecule has 2 aromatic rings. The second-order valence-corrected chi connectivity index (χ2v) is 8.83. The fourth-order valence-electron chi connectivity index (χ4n) is 4.47. The van der Waals surface area contributed by atoms with E-state index in [1.54, 1.807) is 23.1 Å². The molecule has 1 spiro atoms. The molecule has 2 amide bonds. The number of methoxy groups -OCH3 is 1. The predicted octanol–water partition coefficient (Wildman–Crippen LogP) is 2.97. The minimum atomic E-state index is -0.907. The van der Waals surface area contributed by atoms with Gasteiger partial charge in [-0.15, -0.1) is 0 Å². The molecule has 4 rings (SSSR count). The first-order valence-corrected chi connectivity index (χ1v) is 10.8. The van der Waals surface area contributed by atoms with Crippen molar-refractivity contribution >= 4 is 29.1 Å². The molecule has 1 atom stereocenters. The Bertz CT molecular complexity index is 981. The van der Waals surface area contributed by atoms with Crippen molar-refractivity contribution in [1.29, 1.82) is 0 Å². The van der Waals surface area contributed by atoms with Crippen LogP contribution < -0.4 is 9.64 Å². The monoisotopic (exact) mass is 442 g/mol. The van der Waals surface area contributed by atoms with Gasteiger partial charge in [0.25, 0.3) is 5.91 Å². The zero-order valence-electron chi connectivity index (χ0n) is 18.0. The highest BCUT2D eigenvalue weighted by Gasteiger charge is 2.56. The Morgan fingerprint density at radius 3 is 2.61 bits per heavy atom. The molecule has 1 aromatic carbocycles. The highest BCUT2D eigenvalue weighted by atomic mass is 35.5. The number of carbonyl (C=O) groups is 2. The molecular formula is C23H27ClN4O3. The second kappa shape index (κ2) is 8.38. The van der Waals surface area contributed by atoms with Gasteiger partial charge in [0.1, 0.15) is 12.1 Å². The molecular weight excluding hydrogens is 416 g/mol. The van der Waals surface area contributed by atoms with E-state index in [9.17, 15) is 9.59 Å². The lowest BCUT2D eigenvalue weighted by molar-refractivity contribution is -0.166. The third-order valence-electron chi connectivity index (χ3n) is 6.20. The van der Waals surface area contributed by atoms with Crippen molar-refractivity contribution in [1.82, 2.24) is 14.8 Å². The number of carbonyl (C=O) groups excluding carboxylic acids is 2. The van der Waals surface area contributed by atoms with E-state index in [2.05, 4.69) is 9.88 Å². The maximum absolute atomic E-state index is 13.7. The number of pyridine rings is 1. The lowest BCUT2D eigenvalue weighted by Crippen LogP contribution is -2.69. The van der Waals surface area contributed by atoms with E-state index in [4.69, 9.17) is 16.3 Å². The molecule has 8 heteroatoms. The van der Waals surface area contributed by atoms with Crippen molar-refractivity contribution in [3.05, 3.63) is 53.2 Å². The van der Waals surface area contributed by atoms with Gasteiger partial charge < -0.3 is 19.4 Å². The number of ether oxygens (including phenoxy) is 1. The van der Waals surface area contributed by atoms with Crippen LogP contribution in [-0.2, 0) is 16.1 Å². The fraction of sp³-hybridized carbons (Fsp3) is 0.435. The van der Waals surface area contributed by atoms with E-state index in [0.717, 1.165) is 11.3 Å². The first kappa shape index (κ1) is 21.4. The van der Waals surface area contributed by atoms with E-state index in [1.807, 2.05) is 50.2 Å². The summed E-state index contributed by atoms with van der Waals surface area (Å²) in [4.78, 5) is 36.8. The van der Waals surface area contributed by atoms with Crippen LogP contribution in [0.4, 0.5) is 5.69 Å². The van der Waals surface area contributed by atoms with Gasteiger partial charge >= 0.3 is 0 Å². The van der Waals surface area contributed by atoms with Crippen LogP contribution in [0.1, 0.15) is 25.8 Å². The number of hydrogen-bond donors (Lipinski definition) is 0. The molecule has 1 unspecified atom stereocenters. The fourth-order valence-corrected chi connectivity index (χ4v) is 4.60. The predicted molar refractivity (Wildman–Crippen MR) is 119 cm³/mol. The molecule has 1 aromatic heterocycles. The lowest BCUT2D eigenvalue weighted by Gasteiger charge is -2.48. The van der Waals surface area contributed by atoms with Crippen LogP contribution in [0.3, 0.4) is 0 Å². The molecule has 2 aliphatic heterocycles. The minimum absolute atomic E-state index is 0.0135. The van der Waals surface area contributed by atoms with E-state index >= 15 is 0 Å². The molecule has 3 heterocycles. The van der Waals surface area contributed by atoms with Crippen LogP contribution in [0.2, 0.25) is 5.02 Å². The third-order valence-corrected chi connectivity index (χ3v) is 6.45. The molecule has 0 N–H and O–H groups in total. The molecule has 164 valence electrons. The Hall–Kier alpha value is -2.80. The van der Waals surface area contributed by atoms with Crippen LogP contribution >= 0.6 is 11.6 Å². The Morgan fingerprint density at radius 1 is 1.19 bits per heavy atom. The van der Waals surface area contributed by atoms with Gasteiger partial charge in [-0.25, -0.2) is 4.98 Å². The molecule has 0 aliphatic carbocycles. The largest absolute Gasteiger partial charge is 0.481 e. The number of aromatic nitrogens is 1. The van der Waals surface area contributed by atoms with Gasteiger partial charge in [-0.05, 0) is 44.0 Å². The lowest BCUT2D eigenvalue weighted by atomic mass is 9.89. The first-order chi connectivity index (χ1) is 14.8. The van der Waals surface area contributed by atoms with Crippen molar-refractivity contribution in [3.8, 4) is 5.88 Å². The van der Waals surface area contributed by atoms with E-state index in [1.165, 1.54) is 0 Å². The van der Waals surface area contributed by atoms with E-state index in [-0.39, 0.29) is 24.4 Å². The normalized spacial score (nSPS) is 21.5. The topological polar surface area (TPSA) is 66.0 Å². The summed E-state index contributed by atoms with van der Waals surface area (Å²) >= 11 is 6.03. The zero-order chi connectivity index (χ0) is 22.2. The summed E-state index contributed by atoms with van der Waals surface area (Å²) in [6.07, 6.45) is 2.26. The summed E-state index contributed by atoms with van der Waals surface area (Å²) < 4.78 is 5.26. The zero-order valence-corrected chi connectivity index (χ0v) is 18.8. The summed E-state index contributed by atoms with van der Waals surface area (Å²) in [5, 5.41) is 0.643. The Kier molecular flexibility index (Phi) is 5.79. The van der Waals surface area contributed by atoms with Crippen LogP contribution in [-0.4, -0.2) is 64.9 Å². The number of rotatable bonds is 5. The standard InChI is InChI=1S/C23H27ClN4O3/c1-16(2)27-14-21(29)28(13-17-4-6-18(24)7-5-17)23(22(27)30)9-11-26(15-23)19-8-10-25-20(12-19)31-3/h4-8,10,12,16H,9,11,13-15H2,1-3H3. The summed E-state index contributed by atoms with van der Waals surface area (Å²) in [5.74, 6) is 0.503. The summed E-state index contributed by atoms with van der Waals surface area (Å²) in [6.45, 7) is 5.48. The smallest absolute Gasteiger partial charge is 0.251 e. The van der Waals surface area contributed by atoms with Crippen molar-refractivity contribution in [3.63, 3.8) is 0 Å². The number of amides is 2. The van der Waals surface area contributed by atoms with E-state index in [0.29, 0.717) is 37.0 Å². The van der Waals surface area contributed by atoms with Gasteiger partial charge in [0.05, 0.1) is 13.7 Å². The van der Waals surface area contributed by atoms with Crippen molar-refractivity contribution in [2.45, 2.75) is 38.4 Å². The quantitative estimate of drug-likeness (QED) is 0.712. The van der Waals surface area contributed by atoms with E-state index < -0.39 is 5.54 Å². The number of nitrogens with zero attached hydrogens (tertiary/aromatic N) is 4. The molecule has 0 radical (unpaired) electrons. The van der Waals surface area contributed by atoms with Crippen molar-refractivity contribution < 1.29 is 14.3 Å². The van der Waals surface area contributed by atoms with Crippen LogP contribution in [0, 0.1) is 0 Å². The molecule has 0 bridgehead atoms. The van der Waals surface area contributed by atoms with Gasteiger partial charge in [0, 0.05) is 42.1 Å². The van der Waals surface area contributed by atoms with Crippen LogP contribution in [0.15, 0.2) is 42.6 Å². The Balaban J connectivity index is 1.69. The second-order valence-electron chi connectivity index (χ2n) is 8.39. The Labute approximate surface area is 187 Å². The summed E-state index contributed by atoms with van der Waals surface area (Å²) in [6, 6.07) is 11.2. The maximum atomic E-state index is 13.7. The Morgan fingerprint density at radius 2 is 1.94 bits per heavy atom. The van der Waals surface area contributed by atoms with Gasteiger partial charge in [-0.1, -0.05) is 23.7 Å². The molecule has 7 nitrogen and oxygen atoms in total. The van der Waals surface area contributed by atoms with Gasteiger partial charge in [0.15, 0.2) is 0 Å². The molecule has 2 saturated heterocycles. The number of piperazine rings is 1. The maximum Gasteiger partial charge on any atom is 0.251 e. The number of hydrogen-bond acceptors (Lipinski definition) is 5. The van der Waals surface area contributed by atoms with Crippen molar-refractivity contribution in [2.75, 3.05) is 31.6 Å². The van der Waals surface area contributed by atoms with Gasteiger partial charge in [-0.2, -0.15) is 0 Å². The minimum Gasteiger partial charge on any atom is -0.481 e. The average molecular weight is 443 g/mol. The SMILES string of the molecule is COc1cc(N2CCC3(C2)C(=O)N(C(C)C)CC(=O)N3Cc2ccc(Cl)cc2)ccn1. The molecule has 31 heavy (non-hydrogen) atoms. The van der Waals surface area contributed by atoms with Crippen LogP contribution in [0.25, 0.3) is 0 Å². The highest BCUT2D eigenvalue weighted by molar-refractivity contribution is 6.30. The molecule has 0 saturated carbocycles. The number of halogens is 1. The average Bonchev–Trinajstić information content (AvgIpc) is 3.21. The van der Waals surface area contributed by atoms with Crippen molar-refractivity contribution in [2.24, 2.45) is 0 Å². The summed E-state index contributed by atoms with van der Waals surface area (Å²) in [7, 11) is 1.58. The molecule has 2 fully saturated rings. The highest BCUT2D eigenvalue weighted by Crippen LogP contribution is 2.38. The molecule has 2 aliphatic rings. The third kappa shape index (κ3) is 3.94.